The van der Waals surface area contributed by atoms with E-state index in [1.165, 1.54) is 5.56 Å². The lowest BCUT2D eigenvalue weighted by Gasteiger charge is -2.40. The van der Waals surface area contributed by atoms with E-state index in [-0.39, 0.29) is 12.0 Å². The second-order valence-corrected chi connectivity index (χ2v) is 7.15. The number of benzene rings is 2. The fourth-order valence-electron chi connectivity index (χ4n) is 3.57. The highest BCUT2D eigenvalue weighted by Crippen LogP contribution is 2.34. The number of ether oxygens (including phenoxy) is 1. The van der Waals surface area contributed by atoms with Gasteiger partial charge in [-0.25, -0.2) is 0 Å². The Balaban J connectivity index is 1.42. The Hall–Kier alpha value is -1.84. The molecule has 2 aromatic carbocycles. The quantitative estimate of drug-likeness (QED) is 0.794. The maximum Gasteiger partial charge on any atom is 0.119 e. The lowest BCUT2D eigenvalue weighted by Crippen LogP contribution is -2.43. The van der Waals surface area contributed by atoms with E-state index in [4.69, 9.17) is 4.74 Å². The SMILES string of the molecule is OCC1(CCOc2ccccc2)CCN(CCc2ccccc2)CC1. The van der Waals surface area contributed by atoms with Crippen LogP contribution in [0.3, 0.4) is 0 Å². The van der Waals surface area contributed by atoms with Gasteiger partial charge in [-0.1, -0.05) is 48.5 Å². The van der Waals surface area contributed by atoms with Crippen molar-refractivity contribution >= 4 is 0 Å². The molecule has 134 valence electrons. The van der Waals surface area contributed by atoms with Crippen molar-refractivity contribution in [3.63, 3.8) is 0 Å². The molecule has 0 atom stereocenters. The van der Waals surface area contributed by atoms with Crippen molar-refractivity contribution in [1.29, 1.82) is 0 Å². The number of nitrogens with zero attached hydrogens (tertiary/aromatic N) is 1. The maximum atomic E-state index is 9.96. The van der Waals surface area contributed by atoms with Crippen molar-refractivity contribution in [3.05, 3.63) is 66.2 Å². The van der Waals surface area contributed by atoms with E-state index in [0.29, 0.717) is 6.61 Å². The normalized spacial score (nSPS) is 17.3. The minimum absolute atomic E-state index is 0.0258. The fraction of sp³-hybridized carbons (Fsp3) is 0.455. The van der Waals surface area contributed by atoms with Gasteiger partial charge in [-0.3, -0.25) is 0 Å². The number of piperidine rings is 1. The van der Waals surface area contributed by atoms with Crippen molar-refractivity contribution in [2.24, 2.45) is 5.41 Å². The molecule has 1 saturated heterocycles. The molecule has 0 unspecified atom stereocenters. The van der Waals surface area contributed by atoms with Crippen molar-refractivity contribution < 1.29 is 9.84 Å². The van der Waals surface area contributed by atoms with E-state index in [2.05, 4.69) is 35.2 Å². The Morgan fingerprint density at radius 2 is 1.56 bits per heavy atom. The molecule has 1 N–H and O–H groups in total. The molecule has 0 radical (unpaired) electrons. The minimum atomic E-state index is 0.0258. The first-order valence-electron chi connectivity index (χ1n) is 9.35. The third kappa shape index (κ3) is 5.32. The number of rotatable bonds is 8. The maximum absolute atomic E-state index is 9.96. The van der Waals surface area contributed by atoms with Gasteiger partial charge in [-0.15, -0.1) is 0 Å². The summed E-state index contributed by atoms with van der Waals surface area (Å²) in [5, 5.41) is 9.96. The van der Waals surface area contributed by atoms with Crippen LogP contribution in [0.2, 0.25) is 0 Å². The van der Waals surface area contributed by atoms with E-state index in [1.54, 1.807) is 0 Å². The van der Waals surface area contributed by atoms with Crippen LogP contribution < -0.4 is 4.74 Å². The molecule has 1 aliphatic rings. The number of hydrogen-bond donors (Lipinski definition) is 1. The molecule has 0 amide bonds. The first-order valence-corrected chi connectivity index (χ1v) is 9.35. The molecule has 3 nitrogen and oxygen atoms in total. The topological polar surface area (TPSA) is 32.7 Å². The van der Waals surface area contributed by atoms with Gasteiger partial charge in [-0.2, -0.15) is 0 Å². The van der Waals surface area contributed by atoms with Crippen molar-refractivity contribution in [2.45, 2.75) is 25.7 Å². The van der Waals surface area contributed by atoms with Gasteiger partial charge >= 0.3 is 0 Å². The number of likely N-dealkylation sites (tertiary alicyclic amines) is 1. The smallest absolute Gasteiger partial charge is 0.119 e. The van der Waals surface area contributed by atoms with Crippen LogP contribution in [0.4, 0.5) is 0 Å². The van der Waals surface area contributed by atoms with Crippen LogP contribution in [0.5, 0.6) is 5.75 Å². The van der Waals surface area contributed by atoms with Gasteiger partial charge in [0.15, 0.2) is 0 Å². The van der Waals surface area contributed by atoms with E-state index >= 15 is 0 Å². The second-order valence-electron chi connectivity index (χ2n) is 7.15. The zero-order chi connectivity index (χ0) is 17.4. The summed E-state index contributed by atoms with van der Waals surface area (Å²) < 4.78 is 5.84. The van der Waals surface area contributed by atoms with Crippen LogP contribution in [0.15, 0.2) is 60.7 Å². The number of aliphatic hydroxyl groups is 1. The van der Waals surface area contributed by atoms with Gasteiger partial charge in [0.2, 0.25) is 0 Å². The van der Waals surface area contributed by atoms with Crippen molar-refractivity contribution in [1.82, 2.24) is 4.90 Å². The molecule has 1 fully saturated rings. The summed E-state index contributed by atoms with van der Waals surface area (Å²) in [7, 11) is 0. The summed E-state index contributed by atoms with van der Waals surface area (Å²) in [6.07, 6.45) is 4.13. The van der Waals surface area contributed by atoms with Crippen LogP contribution >= 0.6 is 0 Å². The molecule has 2 aromatic rings. The summed E-state index contributed by atoms with van der Waals surface area (Å²) >= 11 is 0. The zero-order valence-corrected chi connectivity index (χ0v) is 14.9. The highest BCUT2D eigenvalue weighted by molar-refractivity contribution is 5.20. The monoisotopic (exact) mass is 339 g/mol. The lowest BCUT2D eigenvalue weighted by atomic mass is 9.76. The zero-order valence-electron chi connectivity index (χ0n) is 14.9. The molecule has 0 aliphatic carbocycles. The van der Waals surface area contributed by atoms with Crippen LogP contribution in [0.1, 0.15) is 24.8 Å². The Labute approximate surface area is 151 Å². The van der Waals surface area contributed by atoms with E-state index in [1.807, 2.05) is 30.3 Å². The summed E-state index contributed by atoms with van der Waals surface area (Å²) in [6.45, 7) is 4.18. The molecule has 0 aromatic heterocycles. The number of hydrogen-bond acceptors (Lipinski definition) is 3. The lowest BCUT2D eigenvalue weighted by molar-refractivity contribution is 0.0271. The van der Waals surface area contributed by atoms with Gasteiger partial charge in [0, 0.05) is 13.2 Å². The van der Waals surface area contributed by atoms with Crippen LogP contribution in [-0.2, 0) is 6.42 Å². The minimum Gasteiger partial charge on any atom is -0.494 e. The predicted octanol–water partition coefficient (Wildman–Crippen LogP) is 3.77. The molecule has 3 rings (SSSR count). The Bertz CT molecular complexity index is 606. The van der Waals surface area contributed by atoms with Gasteiger partial charge in [0.1, 0.15) is 5.75 Å². The van der Waals surface area contributed by atoms with Crippen molar-refractivity contribution in [3.8, 4) is 5.75 Å². The van der Waals surface area contributed by atoms with Crippen LogP contribution in [-0.4, -0.2) is 42.9 Å². The molecule has 1 aliphatic heterocycles. The number of aliphatic hydroxyl groups excluding tert-OH is 1. The summed E-state index contributed by atoms with van der Waals surface area (Å²) in [5.41, 5.74) is 1.43. The molecule has 3 heteroatoms. The summed E-state index contributed by atoms with van der Waals surface area (Å²) in [4.78, 5) is 2.53. The predicted molar refractivity (Wildman–Crippen MR) is 102 cm³/mol. The average molecular weight is 339 g/mol. The first kappa shape index (κ1) is 18.0. The molecule has 0 bridgehead atoms. The Morgan fingerprint density at radius 3 is 2.20 bits per heavy atom. The molecule has 1 heterocycles. The van der Waals surface area contributed by atoms with Crippen molar-refractivity contribution in [2.75, 3.05) is 32.8 Å². The molecular weight excluding hydrogens is 310 g/mol. The highest BCUT2D eigenvalue weighted by Gasteiger charge is 2.33. The van der Waals surface area contributed by atoms with Crippen LogP contribution in [0.25, 0.3) is 0 Å². The summed E-state index contributed by atoms with van der Waals surface area (Å²) in [6, 6.07) is 20.6. The Morgan fingerprint density at radius 1 is 0.920 bits per heavy atom. The molecule has 0 spiro atoms. The standard InChI is InChI=1S/C22H29NO2/c24-19-22(14-18-25-21-9-5-2-6-10-21)12-16-23(17-13-22)15-11-20-7-3-1-4-8-20/h1-10,24H,11-19H2. The summed E-state index contributed by atoms with van der Waals surface area (Å²) in [5.74, 6) is 0.913. The highest BCUT2D eigenvalue weighted by atomic mass is 16.5. The molecular formula is C22H29NO2. The van der Waals surface area contributed by atoms with Crippen LogP contribution in [0, 0.1) is 5.41 Å². The fourth-order valence-corrected chi connectivity index (χ4v) is 3.57. The first-order chi connectivity index (χ1) is 12.3. The van der Waals surface area contributed by atoms with Gasteiger partial charge in [0.25, 0.3) is 0 Å². The van der Waals surface area contributed by atoms with Gasteiger partial charge in [-0.05, 0) is 61.9 Å². The van der Waals surface area contributed by atoms with Gasteiger partial charge < -0.3 is 14.7 Å². The van der Waals surface area contributed by atoms with E-state index < -0.39 is 0 Å². The average Bonchev–Trinajstić information content (AvgIpc) is 2.69. The Kier molecular flexibility index (Phi) is 6.48. The molecule has 0 saturated carbocycles. The second kappa shape index (κ2) is 9.02. The third-order valence-corrected chi connectivity index (χ3v) is 5.46. The third-order valence-electron chi connectivity index (χ3n) is 5.46. The van der Waals surface area contributed by atoms with Gasteiger partial charge in [0.05, 0.1) is 6.61 Å². The van der Waals surface area contributed by atoms with E-state index in [0.717, 1.165) is 51.1 Å². The largest absolute Gasteiger partial charge is 0.494 e. The molecule has 25 heavy (non-hydrogen) atoms. The van der Waals surface area contributed by atoms with E-state index in [9.17, 15) is 5.11 Å². The number of para-hydroxylation sites is 1.